The lowest BCUT2D eigenvalue weighted by molar-refractivity contribution is -0.140. The van der Waals surface area contributed by atoms with Crippen LogP contribution in [0, 0.1) is 5.92 Å². The molecule has 26 heavy (non-hydrogen) atoms. The molecule has 1 saturated heterocycles. The van der Waals surface area contributed by atoms with E-state index in [-0.39, 0.29) is 17.4 Å². The van der Waals surface area contributed by atoms with Crippen LogP contribution in [0.25, 0.3) is 0 Å². The minimum atomic E-state index is -0.368. The lowest BCUT2D eigenvalue weighted by Gasteiger charge is -2.39. The van der Waals surface area contributed by atoms with Gasteiger partial charge in [-0.15, -0.1) is 0 Å². The molecule has 2 aromatic rings. The van der Waals surface area contributed by atoms with Crippen LogP contribution in [-0.2, 0) is 22.6 Å². The summed E-state index contributed by atoms with van der Waals surface area (Å²) >= 11 is 0. The fraction of sp³-hybridized carbons (Fsp3) is 0.526. The molecule has 1 aromatic carbocycles. The highest BCUT2D eigenvalue weighted by Crippen LogP contribution is 2.35. The number of para-hydroxylation sites is 1. The number of aromatic nitrogens is 3. The van der Waals surface area contributed by atoms with E-state index in [1.807, 2.05) is 36.1 Å². The summed E-state index contributed by atoms with van der Waals surface area (Å²) in [6.45, 7) is 4.95. The van der Waals surface area contributed by atoms with E-state index < -0.39 is 0 Å². The summed E-state index contributed by atoms with van der Waals surface area (Å²) in [5.74, 6) is 0.819. The maximum absolute atomic E-state index is 13.2. The molecule has 2 aliphatic rings. The Morgan fingerprint density at radius 1 is 1.31 bits per heavy atom. The molecule has 2 aliphatic heterocycles. The summed E-state index contributed by atoms with van der Waals surface area (Å²) in [4.78, 5) is 19.1. The minimum absolute atomic E-state index is 0.117. The van der Waals surface area contributed by atoms with Gasteiger partial charge in [0, 0.05) is 24.9 Å². The molecule has 0 radical (unpaired) electrons. The Hall–Kier alpha value is -2.41. The molecule has 0 saturated carbocycles. The van der Waals surface area contributed by atoms with Gasteiger partial charge in [0.25, 0.3) is 0 Å². The van der Waals surface area contributed by atoms with Crippen molar-refractivity contribution in [1.82, 2.24) is 19.7 Å². The Kier molecular flexibility index (Phi) is 4.63. The molecule has 0 aliphatic carbocycles. The molecular weight excluding hydrogens is 332 g/mol. The summed E-state index contributed by atoms with van der Waals surface area (Å²) in [6, 6.07) is 8.01. The number of hydrogen-bond acceptors (Lipinski definition) is 5. The maximum atomic E-state index is 13.2. The maximum Gasteiger partial charge on any atom is 0.227 e. The van der Waals surface area contributed by atoms with Gasteiger partial charge < -0.3 is 14.4 Å². The second kappa shape index (κ2) is 7.07. The normalized spacial score (nSPS) is 20.1. The third-order valence-electron chi connectivity index (χ3n) is 5.20. The molecular formula is C19H24N4O3. The lowest BCUT2D eigenvalue weighted by atomic mass is 9.93. The highest BCUT2D eigenvalue weighted by Gasteiger charge is 2.41. The van der Waals surface area contributed by atoms with Gasteiger partial charge in [0.15, 0.2) is 0 Å². The number of amides is 1. The van der Waals surface area contributed by atoms with Crippen molar-refractivity contribution in [3.8, 4) is 5.75 Å². The van der Waals surface area contributed by atoms with E-state index in [1.165, 1.54) is 6.33 Å². The highest BCUT2D eigenvalue weighted by molar-refractivity contribution is 5.78. The van der Waals surface area contributed by atoms with Crippen LogP contribution in [0.4, 0.5) is 0 Å². The summed E-state index contributed by atoms with van der Waals surface area (Å²) in [7, 11) is 0. The van der Waals surface area contributed by atoms with Crippen LogP contribution >= 0.6 is 0 Å². The molecule has 1 spiro atoms. The molecule has 1 atom stereocenters. The summed E-state index contributed by atoms with van der Waals surface area (Å²) in [5, 5.41) is 4.12. The molecule has 4 rings (SSSR count). The van der Waals surface area contributed by atoms with Crippen LogP contribution < -0.4 is 4.74 Å². The molecule has 1 aromatic heterocycles. The third kappa shape index (κ3) is 3.44. The standard InChI is InChI=1S/C19H24N4O3/c1-15(10-23-14-20-13-21-23)18(24)22-11-16-4-2-3-5-17(16)26-19(12-22)6-8-25-9-7-19/h2-5,13-15H,6-12H2,1H3/t15-/m1/s1. The van der Waals surface area contributed by atoms with Gasteiger partial charge >= 0.3 is 0 Å². The monoisotopic (exact) mass is 356 g/mol. The van der Waals surface area contributed by atoms with E-state index in [4.69, 9.17) is 9.47 Å². The Morgan fingerprint density at radius 3 is 2.88 bits per heavy atom. The number of carbonyl (C=O) groups is 1. The zero-order chi connectivity index (χ0) is 18.0. The van der Waals surface area contributed by atoms with Crippen LogP contribution in [0.15, 0.2) is 36.9 Å². The van der Waals surface area contributed by atoms with E-state index in [9.17, 15) is 4.79 Å². The molecule has 138 valence electrons. The summed E-state index contributed by atoms with van der Waals surface area (Å²) < 4.78 is 13.7. The topological polar surface area (TPSA) is 69.5 Å². The molecule has 1 fully saturated rings. The van der Waals surface area contributed by atoms with Crippen molar-refractivity contribution in [2.75, 3.05) is 19.8 Å². The zero-order valence-corrected chi connectivity index (χ0v) is 15.0. The van der Waals surface area contributed by atoms with Crippen molar-refractivity contribution in [2.45, 2.75) is 38.5 Å². The second-order valence-electron chi connectivity index (χ2n) is 7.22. The van der Waals surface area contributed by atoms with Crippen molar-refractivity contribution >= 4 is 5.91 Å². The lowest BCUT2D eigenvalue weighted by Crippen LogP contribution is -2.51. The average molecular weight is 356 g/mol. The first-order valence-corrected chi connectivity index (χ1v) is 9.11. The first-order chi connectivity index (χ1) is 12.7. The van der Waals surface area contributed by atoms with Gasteiger partial charge in [-0.3, -0.25) is 9.48 Å². The van der Waals surface area contributed by atoms with Crippen molar-refractivity contribution in [2.24, 2.45) is 5.92 Å². The average Bonchev–Trinajstić information content (AvgIpc) is 3.10. The molecule has 0 bridgehead atoms. The fourth-order valence-corrected chi connectivity index (χ4v) is 3.77. The summed E-state index contributed by atoms with van der Waals surface area (Å²) in [5.41, 5.74) is 0.685. The van der Waals surface area contributed by atoms with Gasteiger partial charge in [-0.1, -0.05) is 25.1 Å². The van der Waals surface area contributed by atoms with Crippen LogP contribution in [0.3, 0.4) is 0 Å². The Bertz CT molecular complexity index is 756. The molecule has 1 amide bonds. The highest BCUT2D eigenvalue weighted by atomic mass is 16.5. The smallest absolute Gasteiger partial charge is 0.227 e. The van der Waals surface area contributed by atoms with Crippen molar-refractivity contribution in [3.63, 3.8) is 0 Å². The Morgan fingerprint density at radius 2 is 2.12 bits per heavy atom. The predicted molar refractivity (Wildman–Crippen MR) is 94.5 cm³/mol. The largest absolute Gasteiger partial charge is 0.485 e. The quantitative estimate of drug-likeness (QED) is 0.840. The van der Waals surface area contributed by atoms with Crippen LogP contribution in [-0.4, -0.2) is 50.9 Å². The minimum Gasteiger partial charge on any atom is -0.485 e. The number of benzene rings is 1. The first kappa shape index (κ1) is 17.0. The molecule has 7 nitrogen and oxygen atoms in total. The number of ether oxygens (including phenoxy) is 2. The van der Waals surface area contributed by atoms with Crippen molar-refractivity contribution in [3.05, 3.63) is 42.5 Å². The van der Waals surface area contributed by atoms with E-state index >= 15 is 0 Å². The third-order valence-corrected chi connectivity index (χ3v) is 5.20. The number of fused-ring (bicyclic) bond motifs is 1. The van der Waals surface area contributed by atoms with E-state index in [1.54, 1.807) is 11.0 Å². The van der Waals surface area contributed by atoms with Crippen LogP contribution in [0.1, 0.15) is 25.3 Å². The second-order valence-corrected chi connectivity index (χ2v) is 7.22. The molecule has 0 N–H and O–H groups in total. The van der Waals surface area contributed by atoms with Gasteiger partial charge in [-0.05, 0) is 6.07 Å². The zero-order valence-electron chi connectivity index (χ0n) is 15.0. The van der Waals surface area contributed by atoms with Crippen molar-refractivity contribution in [1.29, 1.82) is 0 Å². The molecule has 0 unspecified atom stereocenters. The Balaban J connectivity index is 1.58. The van der Waals surface area contributed by atoms with Gasteiger partial charge in [-0.25, -0.2) is 4.98 Å². The molecule has 3 heterocycles. The Labute approximate surface area is 152 Å². The first-order valence-electron chi connectivity index (χ1n) is 9.11. The van der Waals surface area contributed by atoms with E-state index in [0.29, 0.717) is 32.8 Å². The van der Waals surface area contributed by atoms with Crippen LogP contribution in [0.5, 0.6) is 5.75 Å². The SMILES string of the molecule is C[C@H](Cn1cncn1)C(=O)N1Cc2ccccc2OC2(CCOCC2)C1. The predicted octanol–water partition coefficient (Wildman–Crippen LogP) is 1.88. The molecule has 7 heteroatoms. The fourth-order valence-electron chi connectivity index (χ4n) is 3.77. The number of hydrogen-bond donors (Lipinski definition) is 0. The summed E-state index contributed by atoms with van der Waals surface area (Å²) in [6.07, 6.45) is 4.72. The van der Waals surface area contributed by atoms with Gasteiger partial charge in [-0.2, -0.15) is 5.10 Å². The van der Waals surface area contributed by atoms with E-state index in [0.717, 1.165) is 24.2 Å². The van der Waals surface area contributed by atoms with Gasteiger partial charge in [0.05, 0.1) is 32.2 Å². The number of nitrogens with zero attached hydrogens (tertiary/aromatic N) is 4. The van der Waals surface area contributed by atoms with Gasteiger partial charge in [0.2, 0.25) is 5.91 Å². The van der Waals surface area contributed by atoms with E-state index in [2.05, 4.69) is 10.1 Å². The van der Waals surface area contributed by atoms with Gasteiger partial charge in [0.1, 0.15) is 24.0 Å². The number of rotatable bonds is 3. The van der Waals surface area contributed by atoms with Crippen molar-refractivity contribution < 1.29 is 14.3 Å². The van der Waals surface area contributed by atoms with Crippen LogP contribution in [0.2, 0.25) is 0 Å². The number of carbonyl (C=O) groups excluding carboxylic acids is 1.